The molecule has 0 spiro atoms. The molecule has 3 atom stereocenters. The van der Waals surface area contributed by atoms with Crippen molar-refractivity contribution in [1.29, 1.82) is 0 Å². The van der Waals surface area contributed by atoms with Crippen LogP contribution in [0.25, 0.3) is 0 Å². The molecule has 19 heavy (non-hydrogen) atoms. The van der Waals surface area contributed by atoms with Gasteiger partial charge in [0.2, 0.25) is 5.91 Å². The molecule has 0 aliphatic carbocycles. The van der Waals surface area contributed by atoms with Crippen LogP contribution < -0.4 is 10.6 Å². The summed E-state index contributed by atoms with van der Waals surface area (Å²) < 4.78 is 1.85. The number of rotatable bonds is 7. The van der Waals surface area contributed by atoms with Gasteiger partial charge in [-0.05, 0) is 27.2 Å². The van der Waals surface area contributed by atoms with Gasteiger partial charge < -0.3 is 9.88 Å². The van der Waals surface area contributed by atoms with Crippen LogP contribution in [0, 0.1) is 0 Å². The van der Waals surface area contributed by atoms with Gasteiger partial charge in [-0.3, -0.25) is 10.1 Å². The van der Waals surface area contributed by atoms with E-state index in [2.05, 4.69) is 27.8 Å². The fraction of sp³-hybridized carbons (Fsp3) is 0.769. The van der Waals surface area contributed by atoms with Gasteiger partial charge in [0.1, 0.15) is 12.2 Å². The van der Waals surface area contributed by atoms with Crippen LogP contribution >= 0.6 is 0 Å². The largest absolute Gasteiger partial charge is 0.352 e. The maximum atomic E-state index is 12.0. The molecule has 0 bridgehead atoms. The van der Waals surface area contributed by atoms with Gasteiger partial charge in [-0.25, -0.2) is 0 Å². The quantitative estimate of drug-likeness (QED) is 0.777. The molecule has 6 nitrogen and oxygen atoms in total. The lowest BCUT2D eigenvalue weighted by Gasteiger charge is -2.21. The van der Waals surface area contributed by atoms with Crippen molar-refractivity contribution >= 4 is 5.91 Å². The van der Waals surface area contributed by atoms with Crippen LogP contribution in [0.2, 0.25) is 0 Å². The average Bonchev–Trinajstić information content (AvgIpc) is 2.75. The highest BCUT2D eigenvalue weighted by Crippen LogP contribution is 2.08. The summed E-state index contributed by atoms with van der Waals surface area (Å²) in [4.78, 5) is 12.0. The monoisotopic (exact) mass is 267 g/mol. The third-order valence-electron chi connectivity index (χ3n) is 3.14. The number of aromatic nitrogens is 3. The Morgan fingerprint density at radius 3 is 2.63 bits per heavy atom. The van der Waals surface area contributed by atoms with Gasteiger partial charge in [0.25, 0.3) is 0 Å². The minimum atomic E-state index is -0.258. The number of aryl methyl sites for hydroxylation is 1. The molecule has 2 N–H and O–H groups in total. The predicted molar refractivity (Wildman–Crippen MR) is 74.5 cm³/mol. The van der Waals surface area contributed by atoms with Crippen molar-refractivity contribution in [2.75, 3.05) is 0 Å². The Morgan fingerprint density at radius 1 is 1.42 bits per heavy atom. The van der Waals surface area contributed by atoms with Crippen LogP contribution in [0.5, 0.6) is 0 Å². The lowest BCUT2D eigenvalue weighted by Crippen LogP contribution is -2.46. The molecule has 1 amide bonds. The van der Waals surface area contributed by atoms with Gasteiger partial charge in [0, 0.05) is 13.1 Å². The SMILES string of the molecule is CCCC(C)NC(=O)C(C)NC(C)c1nncn1C. The van der Waals surface area contributed by atoms with Crippen molar-refractivity contribution < 1.29 is 4.79 Å². The molecule has 0 saturated carbocycles. The van der Waals surface area contributed by atoms with E-state index in [0.29, 0.717) is 0 Å². The first-order chi connectivity index (χ1) is 8.95. The van der Waals surface area contributed by atoms with Crippen LogP contribution in [-0.2, 0) is 11.8 Å². The molecule has 0 radical (unpaired) electrons. The topological polar surface area (TPSA) is 71.8 Å². The maximum Gasteiger partial charge on any atom is 0.237 e. The van der Waals surface area contributed by atoms with E-state index >= 15 is 0 Å². The molecule has 1 heterocycles. The van der Waals surface area contributed by atoms with E-state index in [9.17, 15) is 4.79 Å². The molecule has 0 aliphatic rings. The van der Waals surface area contributed by atoms with E-state index in [1.807, 2.05) is 32.4 Å². The number of nitrogens with one attached hydrogen (secondary N) is 2. The van der Waals surface area contributed by atoms with Crippen LogP contribution in [0.1, 0.15) is 52.4 Å². The fourth-order valence-corrected chi connectivity index (χ4v) is 2.08. The Balaban J connectivity index is 2.48. The lowest BCUT2D eigenvalue weighted by molar-refractivity contribution is -0.123. The zero-order chi connectivity index (χ0) is 14.4. The normalized spacial score (nSPS) is 15.8. The van der Waals surface area contributed by atoms with Crippen molar-refractivity contribution in [2.24, 2.45) is 7.05 Å². The number of nitrogens with zero attached hydrogens (tertiary/aromatic N) is 3. The third-order valence-corrected chi connectivity index (χ3v) is 3.14. The lowest BCUT2D eigenvalue weighted by atomic mass is 10.1. The highest BCUT2D eigenvalue weighted by Gasteiger charge is 2.19. The number of hydrogen-bond donors (Lipinski definition) is 2. The number of carbonyl (C=O) groups excluding carboxylic acids is 1. The van der Waals surface area contributed by atoms with Crippen LogP contribution in [0.4, 0.5) is 0 Å². The summed E-state index contributed by atoms with van der Waals surface area (Å²) in [6.45, 7) is 7.98. The number of carbonyl (C=O) groups is 1. The van der Waals surface area contributed by atoms with E-state index in [-0.39, 0.29) is 24.0 Å². The van der Waals surface area contributed by atoms with Gasteiger partial charge in [-0.15, -0.1) is 10.2 Å². The van der Waals surface area contributed by atoms with Crippen molar-refractivity contribution in [3.8, 4) is 0 Å². The summed E-state index contributed by atoms with van der Waals surface area (Å²) in [6, 6.07) is -0.0624. The average molecular weight is 267 g/mol. The number of hydrogen-bond acceptors (Lipinski definition) is 4. The molecule has 0 aliphatic heterocycles. The zero-order valence-electron chi connectivity index (χ0n) is 12.5. The molecule has 1 aromatic rings. The van der Waals surface area contributed by atoms with Gasteiger partial charge in [0.05, 0.1) is 12.1 Å². The maximum absolute atomic E-state index is 12.0. The van der Waals surface area contributed by atoms with E-state index in [1.165, 1.54) is 0 Å². The first kappa shape index (κ1) is 15.6. The van der Waals surface area contributed by atoms with Gasteiger partial charge >= 0.3 is 0 Å². The fourth-order valence-electron chi connectivity index (χ4n) is 2.08. The molecule has 1 aromatic heterocycles. The molecule has 0 aromatic carbocycles. The Morgan fingerprint density at radius 2 is 2.11 bits per heavy atom. The highest BCUT2D eigenvalue weighted by molar-refractivity contribution is 5.81. The molecule has 3 unspecified atom stereocenters. The van der Waals surface area contributed by atoms with Crippen LogP contribution in [-0.4, -0.2) is 32.8 Å². The smallest absolute Gasteiger partial charge is 0.237 e. The van der Waals surface area contributed by atoms with E-state index in [0.717, 1.165) is 18.7 Å². The van der Waals surface area contributed by atoms with E-state index < -0.39 is 0 Å². The first-order valence-electron chi connectivity index (χ1n) is 6.86. The van der Waals surface area contributed by atoms with Crippen molar-refractivity contribution in [1.82, 2.24) is 25.4 Å². The second-order valence-corrected chi connectivity index (χ2v) is 5.11. The Bertz CT molecular complexity index is 403. The molecular formula is C13H25N5O. The first-order valence-corrected chi connectivity index (χ1v) is 6.86. The minimum Gasteiger partial charge on any atom is -0.352 e. The summed E-state index contributed by atoms with van der Waals surface area (Å²) in [5, 5.41) is 14.1. The van der Waals surface area contributed by atoms with Crippen molar-refractivity contribution in [3.05, 3.63) is 12.2 Å². The second kappa shape index (κ2) is 7.23. The molecular weight excluding hydrogens is 242 g/mol. The minimum absolute atomic E-state index is 0.0188. The highest BCUT2D eigenvalue weighted by atomic mass is 16.2. The van der Waals surface area contributed by atoms with E-state index in [1.54, 1.807) is 6.33 Å². The van der Waals surface area contributed by atoms with E-state index in [4.69, 9.17) is 0 Å². The van der Waals surface area contributed by atoms with Gasteiger partial charge in [0.15, 0.2) is 0 Å². The summed E-state index contributed by atoms with van der Waals surface area (Å²) in [5.74, 6) is 0.844. The summed E-state index contributed by atoms with van der Waals surface area (Å²) in [5.41, 5.74) is 0. The molecule has 0 fully saturated rings. The van der Waals surface area contributed by atoms with Crippen LogP contribution in [0.3, 0.4) is 0 Å². The molecule has 108 valence electrons. The van der Waals surface area contributed by atoms with Crippen LogP contribution in [0.15, 0.2) is 6.33 Å². The summed E-state index contributed by atoms with van der Waals surface area (Å²) in [6.07, 6.45) is 3.72. The third kappa shape index (κ3) is 4.63. The van der Waals surface area contributed by atoms with Crippen molar-refractivity contribution in [3.63, 3.8) is 0 Å². The standard InChI is InChI=1S/C13H25N5O/c1-6-7-9(2)15-13(19)11(4)16-10(3)12-17-14-8-18(12)5/h8-11,16H,6-7H2,1-5H3,(H,15,19). The van der Waals surface area contributed by atoms with Gasteiger partial charge in [-0.1, -0.05) is 13.3 Å². The predicted octanol–water partition coefficient (Wildman–Crippen LogP) is 1.16. The Labute approximate surface area is 115 Å². The number of amides is 1. The Kier molecular flexibility index (Phi) is 5.95. The molecule has 1 rings (SSSR count). The van der Waals surface area contributed by atoms with Gasteiger partial charge in [-0.2, -0.15) is 0 Å². The summed E-state index contributed by atoms with van der Waals surface area (Å²) >= 11 is 0. The summed E-state index contributed by atoms with van der Waals surface area (Å²) in [7, 11) is 1.89. The molecule has 6 heteroatoms. The Hall–Kier alpha value is -1.43. The molecule has 0 saturated heterocycles. The zero-order valence-corrected chi connectivity index (χ0v) is 12.5. The second-order valence-electron chi connectivity index (χ2n) is 5.11. The van der Waals surface area contributed by atoms with Crippen molar-refractivity contribution in [2.45, 2.75) is 58.7 Å².